The highest BCUT2D eigenvalue weighted by molar-refractivity contribution is 6.30. The lowest BCUT2D eigenvalue weighted by Gasteiger charge is -2.42. The molecule has 1 aromatic carbocycles. The molecule has 3 rings (SSSR count). The summed E-state index contributed by atoms with van der Waals surface area (Å²) >= 11 is 5.87. The number of benzene rings is 1. The molecule has 1 aromatic rings. The highest BCUT2D eigenvalue weighted by Crippen LogP contribution is 2.29. The Kier molecular flexibility index (Phi) is 6.01. The summed E-state index contributed by atoms with van der Waals surface area (Å²) in [4.78, 5) is 17.1. The molecule has 1 aliphatic heterocycles. The maximum Gasteiger partial charge on any atom is 0.260 e. The van der Waals surface area contributed by atoms with Crippen LogP contribution in [0.15, 0.2) is 24.3 Å². The van der Waals surface area contributed by atoms with Gasteiger partial charge in [-0.3, -0.25) is 9.69 Å². The minimum absolute atomic E-state index is 0.0565. The lowest BCUT2D eigenvalue weighted by Crippen LogP contribution is -2.53. The molecule has 0 spiro atoms. The van der Waals surface area contributed by atoms with Gasteiger partial charge in [0.15, 0.2) is 6.61 Å². The average molecular weight is 351 g/mol. The highest BCUT2D eigenvalue weighted by atomic mass is 35.5. The second-order valence-corrected chi connectivity index (χ2v) is 7.35. The van der Waals surface area contributed by atoms with Gasteiger partial charge in [-0.25, -0.2) is 0 Å². The van der Waals surface area contributed by atoms with Crippen molar-refractivity contribution in [1.29, 1.82) is 0 Å². The Balaban J connectivity index is 1.57. The van der Waals surface area contributed by atoms with Crippen LogP contribution in [0.4, 0.5) is 0 Å². The van der Waals surface area contributed by atoms with Gasteiger partial charge >= 0.3 is 0 Å². The summed E-state index contributed by atoms with van der Waals surface area (Å²) < 4.78 is 5.63. The van der Waals surface area contributed by atoms with Gasteiger partial charge in [-0.05, 0) is 63.0 Å². The summed E-state index contributed by atoms with van der Waals surface area (Å²) in [6.07, 6.45) is 7.39. The first-order valence-electron chi connectivity index (χ1n) is 9.03. The summed E-state index contributed by atoms with van der Waals surface area (Å²) in [6.45, 7) is 2.45. The number of hydrogen-bond acceptors (Lipinski definition) is 3. The van der Waals surface area contributed by atoms with E-state index in [0.717, 1.165) is 6.42 Å². The fraction of sp³-hybridized carbons (Fsp3) is 0.632. The van der Waals surface area contributed by atoms with E-state index in [1.54, 1.807) is 24.3 Å². The number of carbonyl (C=O) groups is 1. The number of halogens is 1. The van der Waals surface area contributed by atoms with Crippen molar-refractivity contribution in [2.75, 3.05) is 26.7 Å². The third-order valence-electron chi connectivity index (χ3n) is 5.37. The van der Waals surface area contributed by atoms with Crippen LogP contribution in [-0.4, -0.2) is 54.5 Å². The Hall–Kier alpha value is -1.26. The van der Waals surface area contributed by atoms with Gasteiger partial charge in [0.2, 0.25) is 0 Å². The van der Waals surface area contributed by atoms with Gasteiger partial charge < -0.3 is 9.64 Å². The molecule has 1 saturated heterocycles. The van der Waals surface area contributed by atoms with Crippen LogP contribution in [0.3, 0.4) is 0 Å². The molecule has 0 N–H and O–H groups in total. The summed E-state index contributed by atoms with van der Waals surface area (Å²) in [5.74, 6) is 0.738. The Labute approximate surface area is 149 Å². The minimum Gasteiger partial charge on any atom is -0.484 e. The summed E-state index contributed by atoms with van der Waals surface area (Å²) in [6, 6.07) is 7.97. The van der Waals surface area contributed by atoms with E-state index < -0.39 is 0 Å². The Morgan fingerprint density at radius 2 is 1.83 bits per heavy atom. The van der Waals surface area contributed by atoms with Crippen molar-refractivity contribution in [2.24, 2.45) is 0 Å². The zero-order valence-electron chi connectivity index (χ0n) is 14.4. The van der Waals surface area contributed by atoms with E-state index in [1.165, 1.54) is 45.2 Å². The van der Waals surface area contributed by atoms with E-state index in [1.807, 2.05) is 11.9 Å². The van der Waals surface area contributed by atoms with E-state index in [-0.39, 0.29) is 12.5 Å². The molecule has 4 nitrogen and oxygen atoms in total. The number of ether oxygens (including phenoxy) is 1. The van der Waals surface area contributed by atoms with Crippen LogP contribution in [0.2, 0.25) is 5.02 Å². The third-order valence-corrected chi connectivity index (χ3v) is 5.62. The SMILES string of the molecule is CN(C(=O)COc1ccc(Cl)cc1)C1CCCCC1N1CCCC1. The molecule has 2 atom stereocenters. The average Bonchev–Trinajstić information content (AvgIpc) is 3.15. The largest absolute Gasteiger partial charge is 0.484 e. The lowest BCUT2D eigenvalue weighted by atomic mass is 9.88. The van der Waals surface area contributed by atoms with Crippen LogP contribution < -0.4 is 4.74 Å². The van der Waals surface area contributed by atoms with Crippen molar-refractivity contribution in [3.05, 3.63) is 29.3 Å². The van der Waals surface area contributed by atoms with Crippen molar-refractivity contribution in [3.63, 3.8) is 0 Å². The quantitative estimate of drug-likeness (QED) is 0.813. The second-order valence-electron chi connectivity index (χ2n) is 6.91. The first-order chi connectivity index (χ1) is 11.6. The van der Waals surface area contributed by atoms with Crippen molar-refractivity contribution in [3.8, 4) is 5.75 Å². The van der Waals surface area contributed by atoms with Crippen molar-refractivity contribution in [1.82, 2.24) is 9.80 Å². The van der Waals surface area contributed by atoms with Crippen molar-refractivity contribution in [2.45, 2.75) is 50.6 Å². The fourth-order valence-electron chi connectivity index (χ4n) is 4.01. The zero-order valence-corrected chi connectivity index (χ0v) is 15.2. The fourth-order valence-corrected chi connectivity index (χ4v) is 4.13. The first-order valence-corrected chi connectivity index (χ1v) is 9.41. The number of nitrogens with zero attached hydrogens (tertiary/aromatic N) is 2. The van der Waals surface area contributed by atoms with E-state index in [0.29, 0.717) is 22.9 Å². The number of amides is 1. The number of likely N-dealkylation sites (tertiary alicyclic amines) is 1. The highest BCUT2D eigenvalue weighted by Gasteiger charge is 2.35. The minimum atomic E-state index is 0.0565. The second kappa shape index (κ2) is 8.21. The van der Waals surface area contributed by atoms with Crippen LogP contribution in [0.25, 0.3) is 0 Å². The molecule has 1 heterocycles. The van der Waals surface area contributed by atoms with E-state index in [2.05, 4.69) is 4.90 Å². The topological polar surface area (TPSA) is 32.8 Å². The molecule has 1 aliphatic carbocycles. The number of hydrogen-bond donors (Lipinski definition) is 0. The molecular formula is C19H27ClN2O2. The maximum absolute atomic E-state index is 12.6. The molecule has 0 bridgehead atoms. The van der Waals surface area contributed by atoms with E-state index >= 15 is 0 Å². The zero-order chi connectivity index (χ0) is 16.9. The Morgan fingerprint density at radius 3 is 2.54 bits per heavy atom. The van der Waals surface area contributed by atoms with E-state index in [4.69, 9.17) is 16.3 Å². The Morgan fingerprint density at radius 1 is 1.17 bits per heavy atom. The molecule has 1 amide bonds. The molecule has 24 heavy (non-hydrogen) atoms. The molecule has 2 fully saturated rings. The van der Waals surface area contributed by atoms with Crippen molar-refractivity contribution < 1.29 is 9.53 Å². The van der Waals surface area contributed by atoms with Gasteiger partial charge in [-0.1, -0.05) is 24.4 Å². The first kappa shape index (κ1) is 17.6. The van der Waals surface area contributed by atoms with Crippen LogP contribution in [-0.2, 0) is 4.79 Å². The molecule has 2 unspecified atom stereocenters. The lowest BCUT2D eigenvalue weighted by molar-refractivity contribution is -0.136. The van der Waals surface area contributed by atoms with Gasteiger partial charge in [0.1, 0.15) is 5.75 Å². The van der Waals surface area contributed by atoms with Gasteiger partial charge in [0.05, 0.1) is 0 Å². The molecule has 0 radical (unpaired) electrons. The number of carbonyl (C=O) groups excluding carboxylic acids is 1. The molecule has 2 aliphatic rings. The predicted octanol–water partition coefficient (Wildman–Crippen LogP) is 3.58. The van der Waals surface area contributed by atoms with Crippen LogP contribution >= 0.6 is 11.6 Å². The number of likely N-dealkylation sites (N-methyl/N-ethyl adjacent to an activating group) is 1. The normalized spacial score (nSPS) is 24.8. The Bertz CT molecular complexity index is 543. The third kappa shape index (κ3) is 4.22. The molecule has 5 heteroatoms. The van der Waals surface area contributed by atoms with Crippen LogP contribution in [0.1, 0.15) is 38.5 Å². The number of rotatable bonds is 5. The summed E-state index contributed by atoms with van der Waals surface area (Å²) in [5, 5.41) is 0.668. The van der Waals surface area contributed by atoms with Gasteiger partial charge in [-0.15, -0.1) is 0 Å². The van der Waals surface area contributed by atoms with E-state index in [9.17, 15) is 4.79 Å². The standard InChI is InChI=1S/C19H27ClN2O2/c1-21(19(23)14-24-16-10-8-15(20)9-11-16)17-6-2-3-7-18(17)22-12-4-5-13-22/h8-11,17-18H,2-7,12-14H2,1H3. The molecule has 132 valence electrons. The van der Waals surface area contributed by atoms with Gasteiger partial charge in [0.25, 0.3) is 5.91 Å². The molecule has 1 saturated carbocycles. The van der Waals surface area contributed by atoms with Crippen LogP contribution in [0.5, 0.6) is 5.75 Å². The predicted molar refractivity (Wildman–Crippen MR) is 96.6 cm³/mol. The monoisotopic (exact) mass is 350 g/mol. The summed E-state index contributed by atoms with van der Waals surface area (Å²) in [5.41, 5.74) is 0. The van der Waals surface area contributed by atoms with Gasteiger partial charge in [0, 0.05) is 24.2 Å². The summed E-state index contributed by atoms with van der Waals surface area (Å²) in [7, 11) is 1.94. The van der Waals surface area contributed by atoms with Gasteiger partial charge in [-0.2, -0.15) is 0 Å². The smallest absolute Gasteiger partial charge is 0.260 e. The maximum atomic E-state index is 12.6. The molecule has 0 aromatic heterocycles. The van der Waals surface area contributed by atoms with Crippen molar-refractivity contribution >= 4 is 17.5 Å². The molecular weight excluding hydrogens is 324 g/mol. The van der Waals surface area contributed by atoms with Crippen LogP contribution in [0, 0.1) is 0 Å².